The number of amides is 1. The highest BCUT2D eigenvalue weighted by Crippen LogP contribution is 2.32. The highest BCUT2D eigenvalue weighted by molar-refractivity contribution is 5.96. The van der Waals surface area contributed by atoms with E-state index < -0.39 is 0 Å². The van der Waals surface area contributed by atoms with Gasteiger partial charge in [-0.1, -0.05) is 18.2 Å². The molecule has 1 amide bonds. The number of carbonyl (C=O) groups excluding carboxylic acids is 1. The maximum Gasteiger partial charge on any atom is 0.227 e. The predicted molar refractivity (Wildman–Crippen MR) is 99.5 cm³/mol. The molecule has 1 unspecified atom stereocenters. The molecule has 0 saturated carbocycles. The third kappa shape index (κ3) is 3.65. The van der Waals surface area contributed by atoms with E-state index in [-0.39, 0.29) is 11.9 Å². The minimum atomic E-state index is 0.123. The van der Waals surface area contributed by atoms with Gasteiger partial charge in [0.05, 0.1) is 25.3 Å². The molecule has 5 nitrogen and oxygen atoms in total. The van der Waals surface area contributed by atoms with Gasteiger partial charge in [-0.15, -0.1) is 0 Å². The molecule has 26 heavy (non-hydrogen) atoms. The third-order valence-corrected chi connectivity index (χ3v) is 4.56. The van der Waals surface area contributed by atoms with E-state index in [0.717, 1.165) is 12.1 Å². The van der Waals surface area contributed by atoms with Crippen molar-refractivity contribution >= 4 is 11.6 Å². The first-order chi connectivity index (χ1) is 12.6. The Morgan fingerprint density at radius 2 is 2.08 bits per heavy atom. The maximum atomic E-state index is 12.6. The monoisotopic (exact) mass is 350 g/mol. The number of fused-ring (bicyclic) bond motifs is 1. The molecule has 1 atom stereocenters. The molecule has 3 rings (SSSR count). The Labute approximate surface area is 153 Å². The Kier molecular flexibility index (Phi) is 5.43. The lowest BCUT2D eigenvalue weighted by Gasteiger charge is -2.22. The van der Waals surface area contributed by atoms with Gasteiger partial charge in [0.25, 0.3) is 0 Å². The van der Waals surface area contributed by atoms with Crippen molar-refractivity contribution in [2.24, 2.45) is 0 Å². The summed E-state index contributed by atoms with van der Waals surface area (Å²) in [4.78, 5) is 14.5. The number of anilines is 1. The number of hydrogen-bond donors (Lipinski definition) is 0. The Balaban J connectivity index is 1.54. The van der Waals surface area contributed by atoms with Crippen LogP contribution in [0.15, 0.2) is 42.5 Å². The number of nitriles is 1. The van der Waals surface area contributed by atoms with Crippen LogP contribution in [0.2, 0.25) is 0 Å². The first-order valence-corrected chi connectivity index (χ1v) is 8.75. The van der Waals surface area contributed by atoms with Crippen molar-refractivity contribution in [3.8, 4) is 17.6 Å². The van der Waals surface area contributed by atoms with Crippen LogP contribution in [0.3, 0.4) is 0 Å². The number of nitrogens with zero attached hydrogens (tertiary/aromatic N) is 2. The summed E-state index contributed by atoms with van der Waals surface area (Å²) in [6, 6.07) is 15.4. The molecule has 0 radical (unpaired) electrons. The van der Waals surface area contributed by atoms with E-state index in [0.29, 0.717) is 36.5 Å². The SMILES string of the molecule is COc1cc(C#N)ccc1OCCCC(=O)N1c2ccccc2CC1C. The summed E-state index contributed by atoms with van der Waals surface area (Å²) in [5, 5.41) is 8.93. The first kappa shape index (κ1) is 17.8. The molecule has 1 heterocycles. The van der Waals surface area contributed by atoms with Crippen molar-refractivity contribution in [2.75, 3.05) is 18.6 Å². The summed E-state index contributed by atoms with van der Waals surface area (Å²) in [5.41, 5.74) is 2.78. The van der Waals surface area contributed by atoms with Crippen molar-refractivity contribution in [1.82, 2.24) is 0 Å². The van der Waals surface area contributed by atoms with Crippen molar-refractivity contribution in [3.05, 3.63) is 53.6 Å². The van der Waals surface area contributed by atoms with Crippen LogP contribution in [-0.4, -0.2) is 25.7 Å². The van der Waals surface area contributed by atoms with E-state index in [1.54, 1.807) is 25.3 Å². The van der Waals surface area contributed by atoms with Crippen LogP contribution in [0.5, 0.6) is 11.5 Å². The Hall–Kier alpha value is -3.00. The Morgan fingerprint density at radius 3 is 2.85 bits per heavy atom. The van der Waals surface area contributed by atoms with Crippen molar-refractivity contribution in [3.63, 3.8) is 0 Å². The molecule has 0 fully saturated rings. The molecule has 1 aliphatic heterocycles. The van der Waals surface area contributed by atoms with Crippen LogP contribution < -0.4 is 14.4 Å². The first-order valence-electron chi connectivity index (χ1n) is 8.75. The molecule has 0 spiro atoms. The zero-order chi connectivity index (χ0) is 18.5. The van der Waals surface area contributed by atoms with Gasteiger partial charge in [0, 0.05) is 24.2 Å². The largest absolute Gasteiger partial charge is 0.493 e. The van der Waals surface area contributed by atoms with Gasteiger partial charge >= 0.3 is 0 Å². The van der Waals surface area contributed by atoms with Crippen LogP contribution in [-0.2, 0) is 11.2 Å². The molecule has 0 aliphatic carbocycles. The molecule has 0 saturated heterocycles. The van der Waals surface area contributed by atoms with E-state index in [9.17, 15) is 4.79 Å². The number of benzene rings is 2. The molecule has 0 N–H and O–H groups in total. The fourth-order valence-corrected chi connectivity index (χ4v) is 3.33. The van der Waals surface area contributed by atoms with Gasteiger partial charge < -0.3 is 14.4 Å². The molecule has 134 valence electrons. The number of carbonyl (C=O) groups is 1. The molecule has 2 aromatic carbocycles. The summed E-state index contributed by atoms with van der Waals surface area (Å²) >= 11 is 0. The van der Waals surface area contributed by atoms with Crippen molar-refractivity contribution in [1.29, 1.82) is 5.26 Å². The molecule has 0 bridgehead atoms. The Bertz CT molecular complexity index is 841. The zero-order valence-electron chi connectivity index (χ0n) is 15.1. The Morgan fingerprint density at radius 1 is 1.27 bits per heavy atom. The average Bonchev–Trinajstić information content (AvgIpc) is 3.00. The summed E-state index contributed by atoms with van der Waals surface area (Å²) in [6.45, 7) is 2.49. The highest BCUT2D eigenvalue weighted by Gasteiger charge is 2.29. The number of methoxy groups -OCH3 is 1. The topological polar surface area (TPSA) is 62.6 Å². The molecule has 1 aliphatic rings. The average molecular weight is 350 g/mol. The lowest BCUT2D eigenvalue weighted by atomic mass is 10.1. The second-order valence-electron chi connectivity index (χ2n) is 6.38. The van der Waals surface area contributed by atoms with Gasteiger partial charge in [0.2, 0.25) is 5.91 Å². The van der Waals surface area contributed by atoms with Gasteiger partial charge in [0.15, 0.2) is 11.5 Å². The number of hydrogen-bond acceptors (Lipinski definition) is 4. The van der Waals surface area contributed by atoms with Crippen LogP contribution in [0.4, 0.5) is 5.69 Å². The summed E-state index contributed by atoms with van der Waals surface area (Å²) < 4.78 is 11.0. The van der Waals surface area contributed by atoms with E-state index >= 15 is 0 Å². The third-order valence-electron chi connectivity index (χ3n) is 4.56. The molecular weight excluding hydrogens is 328 g/mol. The van der Waals surface area contributed by atoms with Crippen LogP contribution in [0.25, 0.3) is 0 Å². The van der Waals surface area contributed by atoms with Crippen LogP contribution in [0, 0.1) is 11.3 Å². The molecule has 2 aromatic rings. The summed E-state index contributed by atoms with van der Waals surface area (Å²) in [5.74, 6) is 1.23. The molecule has 0 aromatic heterocycles. The van der Waals surface area contributed by atoms with Gasteiger partial charge in [-0.3, -0.25) is 4.79 Å². The van der Waals surface area contributed by atoms with E-state index in [1.807, 2.05) is 23.1 Å². The lowest BCUT2D eigenvalue weighted by Crippen LogP contribution is -2.35. The maximum absolute atomic E-state index is 12.6. The van der Waals surface area contributed by atoms with Crippen molar-refractivity contribution in [2.45, 2.75) is 32.2 Å². The minimum Gasteiger partial charge on any atom is -0.493 e. The fraction of sp³-hybridized carbons (Fsp3) is 0.333. The normalized spacial score (nSPS) is 15.3. The van der Waals surface area contributed by atoms with Crippen LogP contribution >= 0.6 is 0 Å². The molecule has 5 heteroatoms. The second-order valence-corrected chi connectivity index (χ2v) is 6.38. The quantitative estimate of drug-likeness (QED) is 0.745. The van der Waals surface area contributed by atoms with E-state index in [2.05, 4.69) is 19.1 Å². The van der Waals surface area contributed by atoms with Gasteiger partial charge in [-0.05, 0) is 43.5 Å². The number of rotatable bonds is 6. The predicted octanol–water partition coefficient (Wildman–Crippen LogP) is 3.70. The number of ether oxygens (including phenoxy) is 2. The minimum absolute atomic E-state index is 0.123. The van der Waals surface area contributed by atoms with Gasteiger partial charge in [0.1, 0.15) is 0 Å². The van der Waals surface area contributed by atoms with Crippen LogP contribution in [0.1, 0.15) is 30.9 Å². The summed E-state index contributed by atoms with van der Waals surface area (Å²) in [7, 11) is 1.54. The number of para-hydroxylation sites is 1. The highest BCUT2D eigenvalue weighted by atomic mass is 16.5. The van der Waals surface area contributed by atoms with Crippen molar-refractivity contribution < 1.29 is 14.3 Å². The molecular formula is C21H22N2O3. The fourth-order valence-electron chi connectivity index (χ4n) is 3.33. The summed E-state index contributed by atoms with van der Waals surface area (Å²) in [6.07, 6.45) is 1.95. The van der Waals surface area contributed by atoms with Gasteiger partial charge in [-0.2, -0.15) is 5.26 Å². The lowest BCUT2D eigenvalue weighted by molar-refractivity contribution is -0.119. The second kappa shape index (κ2) is 7.92. The smallest absolute Gasteiger partial charge is 0.227 e. The van der Waals surface area contributed by atoms with E-state index in [4.69, 9.17) is 14.7 Å². The van der Waals surface area contributed by atoms with Gasteiger partial charge in [-0.25, -0.2) is 0 Å². The zero-order valence-corrected chi connectivity index (χ0v) is 15.1. The standard InChI is InChI=1S/C21H22N2O3/c1-15-12-17-6-3-4-7-18(17)23(15)21(24)8-5-11-26-19-10-9-16(14-22)13-20(19)25-2/h3-4,6-7,9-10,13,15H,5,8,11-12H2,1-2H3. The van der Waals surface area contributed by atoms with E-state index in [1.165, 1.54) is 5.56 Å².